The zero-order valence-corrected chi connectivity index (χ0v) is 17.2. The highest BCUT2D eigenvalue weighted by atomic mass is 16.3. The predicted molar refractivity (Wildman–Crippen MR) is 121 cm³/mol. The van der Waals surface area contributed by atoms with Gasteiger partial charge in [0.1, 0.15) is 11.6 Å². The Kier molecular flexibility index (Phi) is 5.82. The molecule has 3 aromatic rings. The number of nitrogens with zero attached hydrogens (tertiary/aromatic N) is 6. The molecule has 1 aliphatic heterocycles. The molecular weight excluding hydrogens is 392 g/mol. The first-order valence-corrected chi connectivity index (χ1v) is 10.0. The van der Waals surface area contributed by atoms with Crippen LogP contribution in [0.2, 0.25) is 0 Å². The molecule has 3 heterocycles. The van der Waals surface area contributed by atoms with E-state index in [9.17, 15) is 5.11 Å². The number of aromatic nitrogens is 4. The minimum absolute atomic E-state index is 0.144. The Morgan fingerprint density at radius 1 is 1.19 bits per heavy atom. The average molecular weight is 416 g/mol. The van der Waals surface area contributed by atoms with Crippen molar-refractivity contribution in [3.05, 3.63) is 48.4 Å². The lowest BCUT2D eigenvalue weighted by Gasteiger charge is -2.41. The quantitative estimate of drug-likeness (QED) is 0.540. The molecule has 9 heteroatoms. The van der Waals surface area contributed by atoms with Crippen LogP contribution in [0.15, 0.2) is 42.6 Å². The Morgan fingerprint density at radius 2 is 2.03 bits per heavy atom. The summed E-state index contributed by atoms with van der Waals surface area (Å²) >= 11 is 0. The highest BCUT2D eigenvalue weighted by Crippen LogP contribution is 2.33. The summed E-state index contributed by atoms with van der Waals surface area (Å²) in [7, 11) is 0. The second kappa shape index (κ2) is 8.85. The van der Waals surface area contributed by atoms with E-state index in [1.165, 1.54) is 0 Å². The van der Waals surface area contributed by atoms with Crippen molar-refractivity contribution in [1.29, 1.82) is 0 Å². The first kappa shape index (κ1) is 20.4. The molecule has 0 radical (unpaired) electrons. The van der Waals surface area contributed by atoms with Gasteiger partial charge in [-0.05, 0) is 37.1 Å². The van der Waals surface area contributed by atoms with E-state index in [2.05, 4.69) is 48.7 Å². The highest BCUT2D eigenvalue weighted by Gasteiger charge is 2.27. The van der Waals surface area contributed by atoms with Crippen molar-refractivity contribution >= 4 is 17.3 Å². The summed E-state index contributed by atoms with van der Waals surface area (Å²) < 4.78 is 0. The minimum atomic E-state index is 0.144. The van der Waals surface area contributed by atoms with Gasteiger partial charge in [0.2, 0.25) is 5.82 Å². The number of hydrogen-bond acceptors (Lipinski definition) is 9. The summed E-state index contributed by atoms with van der Waals surface area (Å²) in [6.07, 6.45) is 1.71. The molecule has 0 spiro atoms. The maximum absolute atomic E-state index is 10.2. The van der Waals surface area contributed by atoms with Crippen LogP contribution in [-0.4, -0.2) is 57.5 Å². The van der Waals surface area contributed by atoms with Crippen molar-refractivity contribution in [2.45, 2.75) is 13.0 Å². The molecule has 0 saturated carbocycles. The molecule has 158 valence electrons. The fourth-order valence-electron chi connectivity index (χ4n) is 3.68. The van der Waals surface area contributed by atoms with E-state index < -0.39 is 0 Å². The molecule has 2 aromatic heterocycles. The maximum Gasteiger partial charge on any atom is 0.206 e. The molecule has 0 amide bonds. The van der Waals surface area contributed by atoms with Gasteiger partial charge >= 0.3 is 0 Å². The molecule has 4 rings (SSSR count). The summed E-state index contributed by atoms with van der Waals surface area (Å²) in [5.41, 5.74) is 13.6. The molecule has 1 atom stereocenters. The highest BCUT2D eigenvalue weighted by molar-refractivity contribution is 5.74. The summed E-state index contributed by atoms with van der Waals surface area (Å²) in [4.78, 5) is 13.1. The van der Waals surface area contributed by atoms with Crippen LogP contribution >= 0.6 is 0 Å². The van der Waals surface area contributed by atoms with Crippen molar-refractivity contribution < 1.29 is 5.11 Å². The van der Waals surface area contributed by atoms with E-state index >= 15 is 0 Å². The van der Waals surface area contributed by atoms with Crippen LogP contribution in [0.4, 0.5) is 17.3 Å². The summed E-state index contributed by atoms with van der Waals surface area (Å²) in [5.74, 6) is 7.47. The lowest BCUT2D eigenvalue weighted by Crippen LogP contribution is -2.52. The van der Waals surface area contributed by atoms with Gasteiger partial charge in [-0.3, -0.25) is 0 Å². The van der Waals surface area contributed by atoms with Gasteiger partial charge in [0.15, 0.2) is 5.82 Å². The number of hydrogen-bond donors (Lipinski definition) is 3. The third kappa shape index (κ3) is 4.34. The van der Waals surface area contributed by atoms with E-state index in [0.717, 1.165) is 31.1 Å². The van der Waals surface area contributed by atoms with E-state index in [1.54, 1.807) is 24.4 Å². The van der Waals surface area contributed by atoms with Gasteiger partial charge in [-0.1, -0.05) is 18.1 Å². The van der Waals surface area contributed by atoms with Crippen LogP contribution in [0.3, 0.4) is 0 Å². The molecular formula is C22H24N8O. The van der Waals surface area contributed by atoms with Crippen molar-refractivity contribution in [2.24, 2.45) is 5.73 Å². The van der Waals surface area contributed by atoms with Gasteiger partial charge in [-0.2, -0.15) is 0 Å². The lowest BCUT2D eigenvalue weighted by molar-refractivity contribution is 0.477. The monoisotopic (exact) mass is 416 g/mol. The molecule has 0 bridgehead atoms. The van der Waals surface area contributed by atoms with Crippen molar-refractivity contribution in [3.8, 4) is 28.8 Å². The molecule has 0 unspecified atom stereocenters. The number of anilines is 3. The van der Waals surface area contributed by atoms with Gasteiger partial charge in [0.05, 0.1) is 17.9 Å². The number of aromatic hydroxyl groups is 1. The molecule has 31 heavy (non-hydrogen) atoms. The number of piperazine rings is 1. The number of para-hydroxylation sites is 1. The number of nitrogens with two attached hydrogens (primary N) is 2. The molecule has 1 saturated heterocycles. The normalized spacial score (nSPS) is 16.0. The second-order valence-corrected chi connectivity index (χ2v) is 7.25. The van der Waals surface area contributed by atoms with Crippen molar-refractivity contribution in [1.82, 2.24) is 20.2 Å². The second-order valence-electron chi connectivity index (χ2n) is 7.25. The fourth-order valence-corrected chi connectivity index (χ4v) is 3.68. The predicted octanol–water partition coefficient (Wildman–Crippen LogP) is 1.25. The third-order valence-electron chi connectivity index (χ3n) is 5.19. The van der Waals surface area contributed by atoms with E-state index in [0.29, 0.717) is 22.9 Å². The van der Waals surface area contributed by atoms with Crippen LogP contribution in [0.5, 0.6) is 5.75 Å². The van der Waals surface area contributed by atoms with Gasteiger partial charge in [0, 0.05) is 37.4 Å². The van der Waals surface area contributed by atoms with E-state index in [1.807, 2.05) is 18.2 Å². The summed E-state index contributed by atoms with van der Waals surface area (Å²) in [5, 5.41) is 18.5. The Labute approximate surface area is 180 Å². The van der Waals surface area contributed by atoms with Gasteiger partial charge < -0.3 is 26.4 Å². The number of rotatable bonds is 3. The van der Waals surface area contributed by atoms with Gasteiger partial charge in [-0.15, -0.1) is 10.2 Å². The van der Waals surface area contributed by atoms with Crippen LogP contribution in [0.25, 0.3) is 11.3 Å². The minimum Gasteiger partial charge on any atom is -0.507 e. The number of phenols is 1. The topological polar surface area (TPSA) is 130 Å². The van der Waals surface area contributed by atoms with Crippen LogP contribution in [-0.2, 0) is 0 Å². The van der Waals surface area contributed by atoms with Gasteiger partial charge in [0.25, 0.3) is 0 Å². The summed E-state index contributed by atoms with van der Waals surface area (Å²) in [6.45, 7) is 4.62. The number of phenolic OH excluding ortho intramolecular Hbond substituents is 1. The molecule has 9 nitrogen and oxygen atoms in total. The number of nitrogen functional groups attached to an aromatic ring is 1. The Bertz CT molecular complexity index is 1140. The number of benzene rings is 1. The van der Waals surface area contributed by atoms with Crippen molar-refractivity contribution in [3.63, 3.8) is 0 Å². The van der Waals surface area contributed by atoms with Gasteiger partial charge in [-0.25, -0.2) is 9.97 Å². The largest absolute Gasteiger partial charge is 0.507 e. The lowest BCUT2D eigenvalue weighted by atomic mass is 10.1. The molecule has 1 aliphatic rings. The first-order chi connectivity index (χ1) is 15.1. The smallest absolute Gasteiger partial charge is 0.206 e. The Hall–Kier alpha value is -3.90. The van der Waals surface area contributed by atoms with Crippen molar-refractivity contribution in [2.75, 3.05) is 41.7 Å². The van der Waals surface area contributed by atoms with Crippen LogP contribution in [0, 0.1) is 11.8 Å². The standard InChI is InChI=1S/C22H24N8O/c1-15-14-29(21-8-10-25-20(26-21)7-4-9-23)11-12-30(15)18-13-17(27-28-22(18)24)16-5-2-3-6-19(16)31/h2-3,5-6,8,10,13,15,31H,9,11-12,14,23H2,1H3,(H2,24,28)/t15-/m1/s1. The molecule has 0 aliphatic carbocycles. The van der Waals surface area contributed by atoms with Crippen LogP contribution in [0.1, 0.15) is 12.7 Å². The fraction of sp³-hybridized carbons (Fsp3) is 0.273. The Balaban J connectivity index is 1.56. The summed E-state index contributed by atoms with van der Waals surface area (Å²) in [6, 6.07) is 11.0. The Morgan fingerprint density at radius 3 is 2.81 bits per heavy atom. The molecule has 1 aromatic carbocycles. The maximum atomic E-state index is 10.2. The van der Waals surface area contributed by atoms with Crippen LogP contribution < -0.4 is 21.3 Å². The third-order valence-corrected chi connectivity index (χ3v) is 5.19. The zero-order valence-electron chi connectivity index (χ0n) is 17.2. The van der Waals surface area contributed by atoms with E-state index in [4.69, 9.17) is 11.5 Å². The molecule has 5 N–H and O–H groups in total. The SMILES string of the molecule is C[C@@H]1CN(c2ccnc(C#CCN)n2)CCN1c1cc(-c2ccccc2O)nnc1N. The zero-order chi connectivity index (χ0) is 21.8. The first-order valence-electron chi connectivity index (χ1n) is 10.0. The van der Waals surface area contributed by atoms with E-state index in [-0.39, 0.29) is 18.3 Å². The average Bonchev–Trinajstić information content (AvgIpc) is 2.79. The molecule has 1 fully saturated rings.